The second-order valence-electron chi connectivity index (χ2n) is 4.92. The Balaban J connectivity index is 1.92. The molecular weight excluding hydrogens is 304 g/mol. The molecule has 0 saturated carbocycles. The molecule has 0 amide bonds. The minimum atomic E-state index is -0.680. The minimum Gasteiger partial charge on any atom is -0.493 e. The van der Waals surface area contributed by atoms with Crippen LogP contribution in [0, 0.1) is 11.3 Å². The van der Waals surface area contributed by atoms with Gasteiger partial charge in [-0.1, -0.05) is 36.4 Å². The summed E-state index contributed by atoms with van der Waals surface area (Å²) in [7, 11) is 1.23. The summed E-state index contributed by atoms with van der Waals surface area (Å²) in [5, 5.41) is 11.8. The number of ether oxygens (including phenoxy) is 2. The van der Waals surface area contributed by atoms with Gasteiger partial charge >= 0.3 is 5.97 Å². The first-order valence-electron chi connectivity index (χ1n) is 7.45. The van der Waals surface area contributed by atoms with Crippen LogP contribution < -0.4 is 10.1 Å². The lowest BCUT2D eigenvalue weighted by atomic mass is 10.2. The van der Waals surface area contributed by atoms with E-state index in [1.54, 1.807) is 12.1 Å². The Morgan fingerprint density at radius 3 is 2.71 bits per heavy atom. The number of methoxy groups -OCH3 is 1. The maximum atomic E-state index is 11.3. The molecule has 2 aromatic carbocycles. The zero-order valence-electron chi connectivity index (χ0n) is 13.4. The lowest BCUT2D eigenvalue weighted by molar-refractivity contribution is -0.135. The van der Waals surface area contributed by atoms with Crippen molar-refractivity contribution in [2.24, 2.45) is 0 Å². The summed E-state index contributed by atoms with van der Waals surface area (Å²) in [4.78, 5) is 11.3. The molecular formula is C19H18N2O3. The van der Waals surface area contributed by atoms with Gasteiger partial charge in [0.2, 0.25) is 0 Å². The molecule has 0 radical (unpaired) electrons. The summed E-state index contributed by atoms with van der Waals surface area (Å²) >= 11 is 0. The van der Waals surface area contributed by atoms with E-state index in [0.29, 0.717) is 18.0 Å². The largest absolute Gasteiger partial charge is 0.493 e. The standard InChI is InChI=1S/C19H18N2O3/c1-23-19(22)16(13-20)14-21-17-8-5-9-18(12-17)24-11-10-15-6-3-2-4-7-15/h2-9,12,14,21H,10-11H2,1H3/b16-14+. The number of anilines is 1. The maximum absolute atomic E-state index is 11.3. The molecule has 2 rings (SSSR count). The van der Waals surface area contributed by atoms with Gasteiger partial charge in [-0.25, -0.2) is 4.79 Å². The third-order valence-electron chi connectivity index (χ3n) is 3.25. The van der Waals surface area contributed by atoms with E-state index >= 15 is 0 Å². The molecule has 5 heteroatoms. The van der Waals surface area contributed by atoms with Gasteiger partial charge in [0.25, 0.3) is 0 Å². The minimum absolute atomic E-state index is 0.104. The summed E-state index contributed by atoms with van der Waals surface area (Å²) in [5.74, 6) is 0.0289. The first kappa shape index (κ1) is 17.1. The van der Waals surface area contributed by atoms with Crippen LogP contribution in [0.1, 0.15) is 5.56 Å². The molecule has 122 valence electrons. The molecule has 0 heterocycles. The second-order valence-corrected chi connectivity index (χ2v) is 4.92. The van der Waals surface area contributed by atoms with Crippen LogP contribution in [0.15, 0.2) is 66.4 Å². The fourth-order valence-corrected chi connectivity index (χ4v) is 2.01. The van der Waals surface area contributed by atoms with Crippen molar-refractivity contribution < 1.29 is 14.3 Å². The van der Waals surface area contributed by atoms with Crippen LogP contribution in [0.2, 0.25) is 0 Å². The van der Waals surface area contributed by atoms with E-state index in [2.05, 4.69) is 22.2 Å². The quantitative estimate of drug-likeness (QED) is 0.481. The number of nitriles is 1. The Morgan fingerprint density at radius 2 is 2.00 bits per heavy atom. The number of esters is 1. The number of benzene rings is 2. The van der Waals surface area contributed by atoms with Crippen molar-refractivity contribution >= 4 is 11.7 Å². The van der Waals surface area contributed by atoms with Crippen LogP contribution in [0.5, 0.6) is 5.75 Å². The highest BCUT2D eigenvalue weighted by Crippen LogP contribution is 2.18. The molecule has 0 spiro atoms. The Bertz CT molecular complexity index is 749. The van der Waals surface area contributed by atoms with Crippen LogP contribution in [0.25, 0.3) is 0 Å². The van der Waals surface area contributed by atoms with Crippen LogP contribution in [0.4, 0.5) is 5.69 Å². The van der Waals surface area contributed by atoms with E-state index in [9.17, 15) is 4.79 Å². The van der Waals surface area contributed by atoms with Gasteiger partial charge in [-0.2, -0.15) is 5.26 Å². The smallest absolute Gasteiger partial charge is 0.350 e. The van der Waals surface area contributed by atoms with Gasteiger partial charge in [-0.15, -0.1) is 0 Å². The van der Waals surface area contributed by atoms with Crippen molar-refractivity contribution in [1.29, 1.82) is 5.26 Å². The molecule has 0 unspecified atom stereocenters. The van der Waals surface area contributed by atoms with Crippen LogP contribution >= 0.6 is 0 Å². The highest BCUT2D eigenvalue weighted by Gasteiger charge is 2.07. The lowest BCUT2D eigenvalue weighted by Crippen LogP contribution is -2.05. The van der Waals surface area contributed by atoms with Crippen LogP contribution in [-0.2, 0) is 16.0 Å². The molecule has 24 heavy (non-hydrogen) atoms. The third-order valence-corrected chi connectivity index (χ3v) is 3.25. The molecule has 2 aromatic rings. The van der Waals surface area contributed by atoms with Gasteiger partial charge < -0.3 is 14.8 Å². The van der Waals surface area contributed by atoms with Crippen molar-refractivity contribution in [1.82, 2.24) is 0 Å². The van der Waals surface area contributed by atoms with Crippen molar-refractivity contribution in [3.8, 4) is 11.8 Å². The number of nitrogens with zero attached hydrogens (tertiary/aromatic N) is 1. The topological polar surface area (TPSA) is 71.4 Å². The van der Waals surface area contributed by atoms with Gasteiger partial charge in [0.15, 0.2) is 5.57 Å². The van der Waals surface area contributed by atoms with Gasteiger partial charge in [0.1, 0.15) is 11.8 Å². The molecule has 0 atom stereocenters. The summed E-state index contributed by atoms with van der Waals surface area (Å²) in [6.07, 6.45) is 2.13. The Morgan fingerprint density at radius 1 is 1.21 bits per heavy atom. The lowest BCUT2D eigenvalue weighted by Gasteiger charge is -2.08. The summed E-state index contributed by atoms with van der Waals surface area (Å²) in [6, 6.07) is 19.2. The predicted octanol–water partition coefficient (Wildman–Crippen LogP) is 3.30. The third kappa shape index (κ3) is 5.18. The molecule has 0 aliphatic rings. The first-order chi connectivity index (χ1) is 11.7. The summed E-state index contributed by atoms with van der Waals surface area (Å²) in [5.41, 5.74) is 1.82. The monoisotopic (exact) mass is 322 g/mol. The van der Waals surface area contributed by atoms with Crippen molar-refractivity contribution in [3.63, 3.8) is 0 Å². The Labute approximate surface area is 141 Å². The number of rotatable bonds is 7. The van der Waals surface area contributed by atoms with Gasteiger partial charge in [-0.05, 0) is 17.7 Å². The molecule has 0 aliphatic heterocycles. The molecule has 0 bridgehead atoms. The fourth-order valence-electron chi connectivity index (χ4n) is 2.01. The first-order valence-corrected chi connectivity index (χ1v) is 7.45. The normalized spacial score (nSPS) is 10.6. The van der Waals surface area contributed by atoms with E-state index in [4.69, 9.17) is 10.00 Å². The van der Waals surface area contributed by atoms with Crippen LogP contribution in [0.3, 0.4) is 0 Å². The zero-order valence-corrected chi connectivity index (χ0v) is 13.4. The highest BCUT2D eigenvalue weighted by atomic mass is 16.5. The van der Waals surface area contributed by atoms with Crippen LogP contribution in [-0.4, -0.2) is 19.7 Å². The van der Waals surface area contributed by atoms with E-state index in [0.717, 1.165) is 6.42 Å². The predicted molar refractivity (Wildman–Crippen MR) is 91.4 cm³/mol. The number of carbonyl (C=O) groups excluding carboxylic acids is 1. The summed E-state index contributed by atoms with van der Waals surface area (Å²) < 4.78 is 10.3. The van der Waals surface area contributed by atoms with Crippen molar-refractivity contribution in [3.05, 3.63) is 71.9 Å². The molecule has 0 fully saturated rings. The van der Waals surface area contributed by atoms with E-state index in [1.807, 2.05) is 36.4 Å². The Hall–Kier alpha value is -3.26. The maximum Gasteiger partial charge on any atom is 0.350 e. The highest BCUT2D eigenvalue weighted by molar-refractivity contribution is 5.93. The average molecular weight is 322 g/mol. The molecule has 5 nitrogen and oxygen atoms in total. The number of hydrogen-bond acceptors (Lipinski definition) is 5. The second kappa shape index (κ2) is 9.01. The Kier molecular flexibility index (Phi) is 6.42. The number of carbonyl (C=O) groups is 1. The molecule has 0 aliphatic carbocycles. The van der Waals surface area contributed by atoms with E-state index in [-0.39, 0.29) is 5.57 Å². The summed E-state index contributed by atoms with van der Waals surface area (Å²) in [6.45, 7) is 0.564. The fraction of sp³-hybridized carbons (Fsp3) is 0.158. The van der Waals surface area contributed by atoms with Crippen molar-refractivity contribution in [2.45, 2.75) is 6.42 Å². The molecule has 0 saturated heterocycles. The average Bonchev–Trinajstić information content (AvgIpc) is 2.63. The zero-order chi connectivity index (χ0) is 17.2. The van der Waals surface area contributed by atoms with Gasteiger partial charge in [-0.3, -0.25) is 0 Å². The number of nitrogens with one attached hydrogen (secondary N) is 1. The van der Waals surface area contributed by atoms with E-state index < -0.39 is 5.97 Å². The van der Waals surface area contributed by atoms with Gasteiger partial charge in [0.05, 0.1) is 13.7 Å². The van der Waals surface area contributed by atoms with E-state index in [1.165, 1.54) is 18.9 Å². The molecule has 1 N–H and O–H groups in total. The van der Waals surface area contributed by atoms with Gasteiger partial charge in [0, 0.05) is 24.4 Å². The SMILES string of the molecule is COC(=O)/C(C#N)=C/Nc1cccc(OCCc2ccccc2)c1. The molecule has 0 aromatic heterocycles. The van der Waals surface area contributed by atoms with Crippen molar-refractivity contribution in [2.75, 3.05) is 19.0 Å². The number of hydrogen-bond donors (Lipinski definition) is 1.